The second-order valence-electron chi connectivity index (χ2n) is 3.36. The molecule has 0 bridgehead atoms. The first-order valence-corrected chi connectivity index (χ1v) is 5.84. The zero-order valence-electron chi connectivity index (χ0n) is 7.87. The van der Waals surface area contributed by atoms with Gasteiger partial charge < -0.3 is 10.8 Å². The van der Waals surface area contributed by atoms with Gasteiger partial charge in [0, 0.05) is 19.3 Å². The highest BCUT2D eigenvalue weighted by atomic mass is 32.2. The molecule has 0 aliphatic carbocycles. The maximum atomic E-state index is 11.9. The minimum Gasteiger partial charge on any atom is -0.390 e. The summed E-state index contributed by atoms with van der Waals surface area (Å²) in [4.78, 5) is 3.71. The van der Waals surface area contributed by atoms with Gasteiger partial charge in [0.15, 0.2) is 0 Å². The summed E-state index contributed by atoms with van der Waals surface area (Å²) in [7, 11) is -3.58. The number of pyridine rings is 1. The van der Waals surface area contributed by atoms with Crippen LogP contribution in [0.4, 0.5) is 5.82 Å². The number of nitrogens with two attached hydrogens (primary N) is 1. The van der Waals surface area contributed by atoms with Gasteiger partial charge in [0.05, 0.1) is 6.10 Å². The number of anilines is 1. The molecule has 7 heteroatoms. The fourth-order valence-electron chi connectivity index (χ4n) is 1.37. The van der Waals surface area contributed by atoms with E-state index in [0.717, 1.165) is 0 Å². The lowest BCUT2D eigenvalue weighted by atomic mass is 10.2. The molecule has 0 amide bonds. The van der Waals surface area contributed by atoms with E-state index in [1.165, 1.54) is 22.6 Å². The maximum Gasteiger partial charge on any atom is 0.246 e. The molecule has 82 valence electrons. The molecule has 1 aliphatic rings. The Balaban J connectivity index is 2.35. The molecule has 0 atom stereocenters. The molecular weight excluding hydrogens is 218 g/mol. The summed E-state index contributed by atoms with van der Waals surface area (Å²) in [6.07, 6.45) is 0.858. The van der Waals surface area contributed by atoms with Crippen molar-refractivity contribution in [2.75, 3.05) is 18.8 Å². The number of β-amino-alcohol motifs (C(OH)–C–C–N with tert-alkyl or cyclic N) is 1. The average molecular weight is 229 g/mol. The molecular formula is C8H11N3O3S. The number of aliphatic hydroxyl groups excluding tert-OH is 1. The highest BCUT2D eigenvalue weighted by Crippen LogP contribution is 2.24. The Bertz CT molecular complexity index is 468. The lowest BCUT2D eigenvalue weighted by Crippen LogP contribution is -2.53. The van der Waals surface area contributed by atoms with Crippen LogP contribution in [0.1, 0.15) is 0 Å². The standard InChI is InChI=1S/C8H11N3O3S/c9-8-7(2-1-3-10-8)15(13,14)11-4-6(12)5-11/h1-3,6,12H,4-5H2,(H2,9,10). The van der Waals surface area contributed by atoms with E-state index in [9.17, 15) is 8.42 Å². The molecule has 0 saturated carbocycles. The van der Waals surface area contributed by atoms with Crippen molar-refractivity contribution in [3.8, 4) is 0 Å². The predicted octanol–water partition coefficient (Wildman–Crippen LogP) is -0.971. The van der Waals surface area contributed by atoms with Gasteiger partial charge in [-0.25, -0.2) is 13.4 Å². The van der Waals surface area contributed by atoms with Crippen LogP contribution < -0.4 is 5.73 Å². The summed E-state index contributed by atoms with van der Waals surface area (Å²) >= 11 is 0. The molecule has 15 heavy (non-hydrogen) atoms. The summed E-state index contributed by atoms with van der Waals surface area (Å²) in [5, 5.41) is 9.04. The van der Waals surface area contributed by atoms with Crippen molar-refractivity contribution in [2.24, 2.45) is 0 Å². The number of nitrogens with zero attached hydrogens (tertiary/aromatic N) is 2. The Morgan fingerprint density at radius 2 is 2.20 bits per heavy atom. The van der Waals surface area contributed by atoms with Gasteiger partial charge in [0.1, 0.15) is 10.7 Å². The zero-order chi connectivity index (χ0) is 11.1. The monoisotopic (exact) mass is 229 g/mol. The molecule has 0 spiro atoms. The van der Waals surface area contributed by atoms with Crippen molar-refractivity contribution < 1.29 is 13.5 Å². The highest BCUT2D eigenvalue weighted by Gasteiger charge is 2.36. The lowest BCUT2D eigenvalue weighted by molar-refractivity contribution is 0.0548. The number of aromatic nitrogens is 1. The Morgan fingerprint density at radius 3 is 2.73 bits per heavy atom. The van der Waals surface area contributed by atoms with Gasteiger partial charge in [-0.2, -0.15) is 4.31 Å². The minimum atomic E-state index is -3.58. The van der Waals surface area contributed by atoms with Crippen LogP contribution in [0.2, 0.25) is 0 Å². The van der Waals surface area contributed by atoms with Crippen LogP contribution in [0.15, 0.2) is 23.2 Å². The van der Waals surface area contributed by atoms with E-state index in [-0.39, 0.29) is 23.8 Å². The van der Waals surface area contributed by atoms with Crippen molar-refractivity contribution >= 4 is 15.8 Å². The molecule has 3 N–H and O–H groups in total. The van der Waals surface area contributed by atoms with E-state index >= 15 is 0 Å². The van der Waals surface area contributed by atoms with Crippen LogP contribution in [-0.4, -0.2) is 42.0 Å². The maximum absolute atomic E-state index is 11.9. The van der Waals surface area contributed by atoms with Crippen LogP contribution in [0, 0.1) is 0 Å². The molecule has 2 heterocycles. The highest BCUT2D eigenvalue weighted by molar-refractivity contribution is 7.89. The Kier molecular flexibility index (Phi) is 2.37. The molecule has 6 nitrogen and oxygen atoms in total. The smallest absolute Gasteiger partial charge is 0.246 e. The first-order valence-electron chi connectivity index (χ1n) is 4.40. The van der Waals surface area contributed by atoms with Gasteiger partial charge in [0.2, 0.25) is 10.0 Å². The van der Waals surface area contributed by atoms with Gasteiger partial charge in [-0.3, -0.25) is 0 Å². The van der Waals surface area contributed by atoms with Crippen LogP contribution in [-0.2, 0) is 10.0 Å². The van der Waals surface area contributed by atoms with Crippen LogP contribution in [0.25, 0.3) is 0 Å². The lowest BCUT2D eigenvalue weighted by Gasteiger charge is -2.34. The first kappa shape index (κ1) is 10.3. The van der Waals surface area contributed by atoms with Crippen LogP contribution >= 0.6 is 0 Å². The fraction of sp³-hybridized carbons (Fsp3) is 0.375. The van der Waals surface area contributed by atoms with E-state index in [1.807, 2.05) is 0 Å². The van der Waals surface area contributed by atoms with Gasteiger partial charge in [-0.1, -0.05) is 0 Å². The zero-order valence-corrected chi connectivity index (χ0v) is 8.68. The van der Waals surface area contributed by atoms with Gasteiger partial charge in [-0.05, 0) is 12.1 Å². The van der Waals surface area contributed by atoms with E-state index < -0.39 is 16.1 Å². The van der Waals surface area contributed by atoms with Crippen molar-refractivity contribution in [3.05, 3.63) is 18.3 Å². The van der Waals surface area contributed by atoms with E-state index in [1.54, 1.807) is 0 Å². The third-order valence-electron chi connectivity index (χ3n) is 2.25. The van der Waals surface area contributed by atoms with E-state index in [0.29, 0.717) is 0 Å². The second-order valence-corrected chi connectivity index (χ2v) is 5.27. The summed E-state index contributed by atoms with van der Waals surface area (Å²) < 4.78 is 24.9. The molecule has 0 radical (unpaired) electrons. The third kappa shape index (κ3) is 1.69. The van der Waals surface area contributed by atoms with E-state index in [4.69, 9.17) is 10.8 Å². The number of aliphatic hydroxyl groups is 1. The largest absolute Gasteiger partial charge is 0.390 e. The summed E-state index contributed by atoms with van der Waals surface area (Å²) in [5.74, 6) is -0.0149. The second kappa shape index (κ2) is 3.44. The van der Waals surface area contributed by atoms with Gasteiger partial charge in [-0.15, -0.1) is 0 Å². The average Bonchev–Trinajstić information content (AvgIpc) is 2.13. The topological polar surface area (TPSA) is 96.5 Å². The normalized spacial score (nSPS) is 18.7. The Labute approximate surface area is 87.4 Å². The summed E-state index contributed by atoms with van der Waals surface area (Å²) in [6.45, 7) is 0.243. The summed E-state index contributed by atoms with van der Waals surface area (Å²) in [5.41, 5.74) is 5.48. The van der Waals surface area contributed by atoms with E-state index in [2.05, 4.69) is 4.98 Å². The van der Waals surface area contributed by atoms with Crippen molar-refractivity contribution in [3.63, 3.8) is 0 Å². The number of nitrogen functional groups attached to an aromatic ring is 1. The summed E-state index contributed by atoms with van der Waals surface area (Å²) in [6, 6.07) is 2.92. The van der Waals surface area contributed by atoms with Crippen molar-refractivity contribution in [1.29, 1.82) is 0 Å². The number of sulfonamides is 1. The quantitative estimate of drug-likeness (QED) is 0.680. The number of rotatable bonds is 2. The number of hydrogen-bond acceptors (Lipinski definition) is 5. The number of hydrogen-bond donors (Lipinski definition) is 2. The van der Waals surface area contributed by atoms with Gasteiger partial charge >= 0.3 is 0 Å². The van der Waals surface area contributed by atoms with Gasteiger partial charge in [0.25, 0.3) is 0 Å². The minimum absolute atomic E-state index is 0.00287. The molecule has 1 saturated heterocycles. The SMILES string of the molecule is Nc1ncccc1S(=O)(=O)N1CC(O)C1. The van der Waals surface area contributed by atoms with Crippen molar-refractivity contribution in [2.45, 2.75) is 11.0 Å². The molecule has 1 aromatic rings. The van der Waals surface area contributed by atoms with Crippen molar-refractivity contribution in [1.82, 2.24) is 9.29 Å². The molecule has 1 fully saturated rings. The molecule has 0 unspecified atom stereocenters. The predicted molar refractivity (Wildman–Crippen MR) is 53.4 cm³/mol. The molecule has 2 rings (SSSR count). The first-order chi connectivity index (χ1) is 7.01. The Morgan fingerprint density at radius 1 is 1.53 bits per heavy atom. The molecule has 1 aromatic heterocycles. The fourth-order valence-corrected chi connectivity index (χ4v) is 2.96. The molecule has 1 aliphatic heterocycles. The molecule has 0 aromatic carbocycles. The third-order valence-corrected chi connectivity index (χ3v) is 4.13. The van der Waals surface area contributed by atoms with Crippen LogP contribution in [0.3, 0.4) is 0 Å². The van der Waals surface area contributed by atoms with Crippen LogP contribution in [0.5, 0.6) is 0 Å². The Hall–Kier alpha value is -1.18.